The molecule has 2 fully saturated rings. The number of hydrogen-bond acceptors (Lipinski definition) is 6. The number of benzene rings is 1. The molecule has 3 aliphatic rings. The van der Waals surface area contributed by atoms with Crippen LogP contribution in [0, 0.1) is 0 Å². The molecule has 0 saturated carbocycles. The monoisotopic (exact) mass is 451 g/mol. The van der Waals surface area contributed by atoms with E-state index in [1.165, 1.54) is 5.56 Å². The molecule has 33 heavy (non-hydrogen) atoms. The molecule has 5 rings (SSSR count). The smallest absolute Gasteiger partial charge is 0.255 e. The minimum atomic E-state index is -0.601. The number of aryl methyl sites for hydroxylation is 1. The highest BCUT2D eigenvalue weighted by atomic mass is 16.5. The van der Waals surface area contributed by atoms with Crippen molar-refractivity contribution in [3.8, 4) is 5.75 Å². The van der Waals surface area contributed by atoms with Crippen molar-refractivity contribution in [3.63, 3.8) is 0 Å². The molecule has 2 atom stereocenters. The molecule has 0 radical (unpaired) electrons. The molecule has 4 heterocycles. The van der Waals surface area contributed by atoms with Gasteiger partial charge in [0.1, 0.15) is 17.9 Å². The van der Waals surface area contributed by atoms with Crippen molar-refractivity contribution in [2.24, 2.45) is 0 Å². The lowest BCUT2D eigenvalue weighted by Gasteiger charge is -2.32. The highest BCUT2D eigenvalue weighted by Crippen LogP contribution is 2.31. The lowest BCUT2D eigenvalue weighted by Crippen LogP contribution is -2.52. The Hall–Kier alpha value is -3.20. The number of carbonyl (C=O) groups excluding carboxylic acids is 3. The summed E-state index contributed by atoms with van der Waals surface area (Å²) in [5, 5.41) is 6.70. The van der Waals surface area contributed by atoms with Gasteiger partial charge in [-0.1, -0.05) is 0 Å². The van der Waals surface area contributed by atoms with E-state index in [1.54, 1.807) is 11.0 Å². The first-order valence-corrected chi connectivity index (χ1v) is 11.7. The molecule has 0 spiro atoms. The van der Waals surface area contributed by atoms with Crippen molar-refractivity contribution < 1.29 is 19.1 Å². The van der Waals surface area contributed by atoms with Gasteiger partial charge in [-0.25, -0.2) is 0 Å². The fraction of sp³-hybridized carbons (Fsp3) is 0.500. The van der Waals surface area contributed by atoms with Crippen LogP contribution in [0.25, 0.3) is 0 Å². The molecule has 1 N–H and O–H groups in total. The Morgan fingerprint density at radius 1 is 1.21 bits per heavy atom. The van der Waals surface area contributed by atoms with E-state index in [0.29, 0.717) is 18.5 Å². The molecule has 9 heteroatoms. The molecule has 174 valence electrons. The Morgan fingerprint density at radius 3 is 2.88 bits per heavy atom. The second-order valence-corrected chi connectivity index (χ2v) is 9.04. The number of aromatic nitrogens is 2. The summed E-state index contributed by atoms with van der Waals surface area (Å²) in [6.45, 7) is 6.05. The second kappa shape index (κ2) is 8.97. The summed E-state index contributed by atoms with van der Waals surface area (Å²) in [6, 6.07) is 4.95. The van der Waals surface area contributed by atoms with Gasteiger partial charge in [-0.2, -0.15) is 5.10 Å². The van der Waals surface area contributed by atoms with Gasteiger partial charge < -0.3 is 9.64 Å². The molecular weight excluding hydrogens is 422 g/mol. The summed E-state index contributed by atoms with van der Waals surface area (Å²) in [6.07, 6.45) is 6.78. The minimum absolute atomic E-state index is 0.0846. The number of hydrogen-bond donors (Lipinski definition) is 1. The van der Waals surface area contributed by atoms with Crippen molar-refractivity contribution in [1.82, 2.24) is 24.9 Å². The SMILES string of the molecule is CCn1cc(CN2CCC[C@@H](Oc3ccc4c(c3)CN(C3CCC(=O)NC3=O)C4=O)C2)cn1. The van der Waals surface area contributed by atoms with E-state index in [-0.39, 0.29) is 24.3 Å². The zero-order valence-electron chi connectivity index (χ0n) is 18.8. The number of fused-ring (bicyclic) bond motifs is 1. The number of rotatable bonds is 6. The third kappa shape index (κ3) is 4.50. The number of imide groups is 1. The minimum Gasteiger partial charge on any atom is -0.489 e. The lowest BCUT2D eigenvalue weighted by molar-refractivity contribution is -0.136. The van der Waals surface area contributed by atoms with Crippen LogP contribution in [0.1, 0.15) is 54.1 Å². The zero-order valence-corrected chi connectivity index (χ0v) is 18.8. The van der Waals surface area contributed by atoms with Crippen LogP contribution in [0.3, 0.4) is 0 Å². The third-order valence-electron chi connectivity index (χ3n) is 6.68. The van der Waals surface area contributed by atoms with Crippen molar-refractivity contribution in [3.05, 3.63) is 47.3 Å². The first-order valence-electron chi connectivity index (χ1n) is 11.7. The maximum atomic E-state index is 12.9. The Morgan fingerprint density at radius 2 is 2.09 bits per heavy atom. The Balaban J connectivity index is 1.22. The molecule has 0 bridgehead atoms. The average Bonchev–Trinajstić information content (AvgIpc) is 3.38. The van der Waals surface area contributed by atoms with Gasteiger partial charge in [0.25, 0.3) is 5.91 Å². The molecule has 2 aromatic rings. The van der Waals surface area contributed by atoms with Crippen LogP contribution in [0.2, 0.25) is 0 Å². The normalized spacial score (nSPS) is 23.5. The molecule has 3 amide bonds. The summed E-state index contributed by atoms with van der Waals surface area (Å²) in [7, 11) is 0. The van der Waals surface area contributed by atoms with E-state index in [2.05, 4.69) is 28.4 Å². The van der Waals surface area contributed by atoms with E-state index < -0.39 is 11.9 Å². The fourth-order valence-electron chi connectivity index (χ4n) is 4.99. The van der Waals surface area contributed by atoms with Crippen LogP contribution >= 0.6 is 0 Å². The zero-order chi connectivity index (χ0) is 22.9. The summed E-state index contributed by atoms with van der Waals surface area (Å²) >= 11 is 0. The number of nitrogens with zero attached hydrogens (tertiary/aromatic N) is 4. The molecular formula is C24H29N5O4. The summed E-state index contributed by atoms with van der Waals surface area (Å²) in [4.78, 5) is 40.5. The third-order valence-corrected chi connectivity index (χ3v) is 6.68. The number of nitrogens with one attached hydrogen (secondary N) is 1. The number of carbonyl (C=O) groups is 3. The van der Waals surface area contributed by atoms with Gasteiger partial charge in [-0.15, -0.1) is 0 Å². The number of ether oxygens (including phenoxy) is 1. The first-order chi connectivity index (χ1) is 16.0. The van der Waals surface area contributed by atoms with Gasteiger partial charge in [-0.3, -0.25) is 29.3 Å². The molecule has 2 saturated heterocycles. The topological polar surface area (TPSA) is 96.8 Å². The van der Waals surface area contributed by atoms with E-state index in [1.807, 2.05) is 23.0 Å². The standard InChI is InChI=1S/C24H29N5O4/c1-2-28-13-16(11-25-28)12-27-9-3-4-19(15-27)33-18-5-6-20-17(10-18)14-29(24(20)32)21-7-8-22(30)26-23(21)31/h5-6,10-11,13,19,21H,2-4,7-9,12,14-15H2,1H3,(H,26,30,31)/t19-,21?/m1/s1. The summed E-state index contributed by atoms with van der Waals surface area (Å²) in [5.41, 5.74) is 2.68. The van der Waals surface area contributed by atoms with E-state index in [9.17, 15) is 14.4 Å². The number of piperidine rings is 2. The number of amides is 3. The van der Waals surface area contributed by atoms with Gasteiger partial charge in [0.15, 0.2) is 0 Å². The lowest BCUT2D eigenvalue weighted by atomic mass is 10.0. The maximum Gasteiger partial charge on any atom is 0.255 e. The van der Waals surface area contributed by atoms with Gasteiger partial charge in [-0.05, 0) is 56.5 Å². The molecule has 1 aromatic heterocycles. The van der Waals surface area contributed by atoms with Crippen LogP contribution < -0.4 is 10.1 Å². The predicted octanol–water partition coefficient (Wildman–Crippen LogP) is 1.71. The molecule has 9 nitrogen and oxygen atoms in total. The summed E-state index contributed by atoms with van der Waals surface area (Å²) in [5.74, 6) is -0.0904. The van der Waals surface area contributed by atoms with E-state index in [4.69, 9.17) is 4.74 Å². The maximum absolute atomic E-state index is 12.9. The van der Waals surface area contributed by atoms with Crippen molar-refractivity contribution in [2.45, 2.75) is 64.4 Å². The highest BCUT2D eigenvalue weighted by molar-refractivity contribution is 6.05. The Bertz CT molecular complexity index is 1080. The molecule has 0 aliphatic carbocycles. The van der Waals surface area contributed by atoms with E-state index in [0.717, 1.165) is 50.3 Å². The Labute approximate surface area is 192 Å². The van der Waals surface area contributed by atoms with Gasteiger partial charge in [0, 0.05) is 49.9 Å². The van der Waals surface area contributed by atoms with Crippen molar-refractivity contribution in [2.75, 3.05) is 13.1 Å². The van der Waals surface area contributed by atoms with Crippen LogP contribution in [-0.2, 0) is 29.2 Å². The quantitative estimate of drug-likeness (QED) is 0.672. The van der Waals surface area contributed by atoms with Crippen LogP contribution in [0.15, 0.2) is 30.6 Å². The molecule has 1 aromatic carbocycles. The largest absolute Gasteiger partial charge is 0.489 e. The van der Waals surface area contributed by atoms with Crippen LogP contribution in [-0.4, -0.2) is 62.5 Å². The Kier molecular flexibility index (Phi) is 5.88. The molecule has 1 unspecified atom stereocenters. The molecule has 3 aliphatic heterocycles. The van der Waals surface area contributed by atoms with Crippen molar-refractivity contribution in [1.29, 1.82) is 0 Å². The predicted molar refractivity (Wildman–Crippen MR) is 119 cm³/mol. The van der Waals surface area contributed by atoms with E-state index >= 15 is 0 Å². The fourth-order valence-corrected chi connectivity index (χ4v) is 4.99. The van der Waals surface area contributed by atoms with Crippen LogP contribution in [0.5, 0.6) is 5.75 Å². The average molecular weight is 452 g/mol. The highest BCUT2D eigenvalue weighted by Gasteiger charge is 2.39. The summed E-state index contributed by atoms with van der Waals surface area (Å²) < 4.78 is 8.25. The van der Waals surface area contributed by atoms with Gasteiger partial charge in [0.05, 0.1) is 6.20 Å². The van der Waals surface area contributed by atoms with Crippen LogP contribution in [0.4, 0.5) is 0 Å². The van der Waals surface area contributed by atoms with Gasteiger partial charge in [0.2, 0.25) is 11.8 Å². The first kappa shape index (κ1) is 21.6. The number of likely N-dealkylation sites (tertiary alicyclic amines) is 1. The van der Waals surface area contributed by atoms with Crippen molar-refractivity contribution >= 4 is 17.7 Å². The second-order valence-electron chi connectivity index (χ2n) is 9.04. The van der Waals surface area contributed by atoms with Gasteiger partial charge >= 0.3 is 0 Å².